The summed E-state index contributed by atoms with van der Waals surface area (Å²) in [5.74, 6) is 1.11. The van der Waals surface area contributed by atoms with E-state index in [0.29, 0.717) is 36.6 Å². The fourth-order valence-electron chi connectivity index (χ4n) is 3.78. The van der Waals surface area contributed by atoms with Crippen LogP contribution in [0.15, 0.2) is 12.2 Å². The van der Waals surface area contributed by atoms with Crippen molar-refractivity contribution < 1.29 is 19.4 Å². The van der Waals surface area contributed by atoms with Crippen molar-refractivity contribution in [1.82, 2.24) is 0 Å². The molecule has 3 aliphatic rings. The maximum atomic E-state index is 11.0. The average Bonchev–Trinajstić information content (AvgIpc) is 3.15. The molecule has 0 unspecified atom stereocenters. The molecule has 1 aliphatic carbocycles. The summed E-state index contributed by atoms with van der Waals surface area (Å²) in [5.41, 5.74) is 0. The Morgan fingerprint density at radius 2 is 1.91 bits per heavy atom. The predicted molar refractivity (Wildman–Crippen MR) is 83.5 cm³/mol. The van der Waals surface area contributed by atoms with Crippen LogP contribution in [0.1, 0.15) is 51.4 Å². The van der Waals surface area contributed by atoms with Crippen LogP contribution >= 0.6 is 0 Å². The highest BCUT2D eigenvalue weighted by Crippen LogP contribution is 2.45. The predicted octanol–water partition coefficient (Wildman–Crippen LogP) is 2.64. The highest BCUT2D eigenvalue weighted by molar-refractivity contribution is 5.79. The number of unbranched alkanes of at least 4 members (excludes halogenated alkanes) is 1. The summed E-state index contributed by atoms with van der Waals surface area (Å²) < 4.78 is 12.0. The number of ether oxygens (including phenoxy) is 2. The van der Waals surface area contributed by atoms with Crippen molar-refractivity contribution in [2.75, 3.05) is 13.2 Å². The van der Waals surface area contributed by atoms with Crippen molar-refractivity contribution in [2.24, 2.45) is 11.8 Å². The van der Waals surface area contributed by atoms with Gasteiger partial charge in [-0.05, 0) is 50.9 Å². The minimum Gasteiger partial charge on any atom is -0.389 e. The zero-order valence-electron chi connectivity index (χ0n) is 13.3. The molecule has 0 aromatic rings. The molecule has 2 bridgehead atoms. The van der Waals surface area contributed by atoms with E-state index in [1.807, 2.05) is 0 Å². The molecule has 3 rings (SSSR count). The first kappa shape index (κ1) is 16.2. The van der Waals surface area contributed by atoms with Gasteiger partial charge in [0.25, 0.3) is 0 Å². The molecule has 1 N–H and O–H groups in total. The van der Waals surface area contributed by atoms with Gasteiger partial charge in [-0.2, -0.15) is 0 Å². The number of aliphatic hydroxyl groups excluding tert-OH is 1. The van der Waals surface area contributed by atoms with Gasteiger partial charge in [0, 0.05) is 12.3 Å². The Morgan fingerprint density at radius 3 is 2.64 bits per heavy atom. The molecule has 0 amide bonds. The van der Waals surface area contributed by atoms with Crippen LogP contribution in [0.2, 0.25) is 0 Å². The van der Waals surface area contributed by atoms with Gasteiger partial charge >= 0.3 is 0 Å². The molecule has 4 heteroatoms. The molecule has 0 spiro atoms. The van der Waals surface area contributed by atoms with E-state index in [1.54, 1.807) is 0 Å². The molecule has 4 atom stereocenters. The van der Waals surface area contributed by atoms with E-state index in [1.165, 1.54) is 25.7 Å². The summed E-state index contributed by atoms with van der Waals surface area (Å²) in [6, 6.07) is 0. The summed E-state index contributed by atoms with van der Waals surface area (Å²) in [6.07, 6.45) is 14.0. The first-order valence-electron chi connectivity index (χ1n) is 8.82. The lowest BCUT2D eigenvalue weighted by atomic mass is 9.78. The monoisotopic (exact) mass is 308 g/mol. The van der Waals surface area contributed by atoms with Gasteiger partial charge in [0.15, 0.2) is 5.78 Å². The molecule has 0 aromatic carbocycles. The SMILES string of the molecule is O=C(CO)CCC/C=C\C[C@@H]1[C@H](COC2CC2)[C@@H]2CC[C@H]1O2. The standard InChI is InChI=1S/C18H28O4/c19-11-13(20)5-3-1-2-4-6-15-16(12-21-14-7-8-14)18-10-9-17(15)22-18/h2,4,14-19H,1,3,5-12H2/b4-2-/t15-,16+,17-,18+/m1/s1. The first-order chi connectivity index (χ1) is 10.8. The van der Waals surface area contributed by atoms with E-state index in [4.69, 9.17) is 14.6 Å². The Labute approximate surface area is 132 Å². The van der Waals surface area contributed by atoms with Crippen LogP contribution < -0.4 is 0 Å². The van der Waals surface area contributed by atoms with Crippen LogP contribution in [0, 0.1) is 11.8 Å². The molecule has 1 saturated carbocycles. The van der Waals surface area contributed by atoms with E-state index in [9.17, 15) is 4.79 Å². The number of carbonyl (C=O) groups excluding carboxylic acids is 1. The molecule has 2 saturated heterocycles. The Bertz CT molecular complexity index is 402. The molecule has 2 aliphatic heterocycles. The third-order valence-corrected chi connectivity index (χ3v) is 5.22. The summed E-state index contributed by atoms with van der Waals surface area (Å²) >= 11 is 0. The Kier molecular flexibility index (Phi) is 5.66. The number of Topliss-reactive ketones (excluding diaryl/α,β-unsaturated/α-hetero) is 1. The van der Waals surface area contributed by atoms with Crippen LogP contribution in [0.5, 0.6) is 0 Å². The van der Waals surface area contributed by atoms with Gasteiger partial charge in [0.1, 0.15) is 6.61 Å². The van der Waals surface area contributed by atoms with Gasteiger partial charge in [-0.3, -0.25) is 4.79 Å². The fourth-order valence-corrected chi connectivity index (χ4v) is 3.78. The van der Waals surface area contributed by atoms with Crippen LogP contribution in [0.25, 0.3) is 0 Å². The lowest BCUT2D eigenvalue weighted by Crippen LogP contribution is -2.30. The molecule has 0 aromatic heterocycles. The second-order valence-corrected chi connectivity index (χ2v) is 6.95. The number of hydrogen-bond acceptors (Lipinski definition) is 4. The van der Waals surface area contributed by atoms with Crippen molar-refractivity contribution in [3.63, 3.8) is 0 Å². The van der Waals surface area contributed by atoms with Gasteiger partial charge in [-0.25, -0.2) is 0 Å². The lowest BCUT2D eigenvalue weighted by molar-refractivity contribution is -0.121. The third-order valence-electron chi connectivity index (χ3n) is 5.22. The Morgan fingerprint density at radius 1 is 1.14 bits per heavy atom. The van der Waals surface area contributed by atoms with E-state index in [-0.39, 0.29) is 12.4 Å². The van der Waals surface area contributed by atoms with Gasteiger partial charge < -0.3 is 14.6 Å². The van der Waals surface area contributed by atoms with Crippen molar-refractivity contribution in [1.29, 1.82) is 0 Å². The molecule has 22 heavy (non-hydrogen) atoms. The minimum atomic E-state index is -0.325. The second kappa shape index (κ2) is 7.71. The number of ketones is 1. The van der Waals surface area contributed by atoms with Gasteiger partial charge in [-0.1, -0.05) is 12.2 Å². The minimum absolute atomic E-state index is 0.0628. The van der Waals surface area contributed by atoms with Crippen LogP contribution in [-0.2, 0) is 14.3 Å². The van der Waals surface area contributed by atoms with Crippen molar-refractivity contribution >= 4 is 5.78 Å². The maximum absolute atomic E-state index is 11.0. The van der Waals surface area contributed by atoms with Crippen molar-refractivity contribution in [2.45, 2.75) is 69.7 Å². The van der Waals surface area contributed by atoms with E-state index < -0.39 is 0 Å². The number of hydrogen-bond donors (Lipinski definition) is 1. The van der Waals surface area contributed by atoms with Crippen molar-refractivity contribution in [3.05, 3.63) is 12.2 Å². The number of carbonyl (C=O) groups is 1. The summed E-state index contributed by atoms with van der Waals surface area (Å²) in [5, 5.41) is 8.67. The van der Waals surface area contributed by atoms with Gasteiger partial charge in [0.05, 0.1) is 24.9 Å². The normalized spacial score (nSPS) is 33.9. The average molecular weight is 308 g/mol. The second-order valence-electron chi connectivity index (χ2n) is 6.95. The van der Waals surface area contributed by atoms with E-state index in [2.05, 4.69) is 12.2 Å². The molecule has 124 valence electrons. The summed E-state index contributed by atoms with van der Waals surface area (Å²) in [7, 11) is 0. The molecule has 3 fully saturated rings. The van der Waals surface area contributed by atoms with Gasteiger partial charge in [-0.15, -0.1) is 0 Å². The van der Waals surface area contributed by atoms with Crippen LogP contribution in [-0.4, -0.2) is 42.4 Å². The Hall–Kier alpha value is -0.710. The van der Waals surface area contributed by atoms with Crippen LogP contribution in [0.4, 0.5) is 0 Å². The number of aliphatic hydroxyl groups is 1. The molecular formula is C18H28O4. The van der Waals surface area contributed by atoms with Crippen LogP contribution in [0.3, 0.4) is 0 Å². The smallest absolute Gasteiger partial charge is 0.158 e. The topological polar surface area (TPSA) is 55.8 Å². The highest BCUT2D eigenvalue weighted by Gasteiger charge is 2.48. The number of allylic oxidation sites excluding steroid dienone is 2. The lowest BCUT2D eigenvalue weighted by Gasteiger charge is -2.27. The molecular weight excluding hydrogens is 280 g/mol. The van der Waals surface area contributed by atoms with Crippen molar-refractivity contribution in [3.8, 4) is 0 Å². The van der Waals surface area contributed by atoms with E-state index >= 15 is 0 Å². The number of rotatable bonds is 10. The summed E-state index contributed by atoms with van der Waals surface area (Å²) in [6.45, 7) is 0.546. The Balaban J connectivity index is 1.38. The molecule has 0 radical (unpaired) electrons. The quantitative estimate of drug-likeness (QED) is 0.498. The largest absolute Gasteiger partial charge is 0.389 e. The molecule has 2 heterocycles. The van der Waals surface area contributed by atoms with E-state index in [0.717, 1.165) is 25.9 Å². The zero-order valence-corrected chi connectivity index (χ0v) is 13.3. The maximum Gasteiger partial charge on any atom is 0.158 e. The third kappa shape index (κ3) is 4.18. The molecule has 4 nitrogen and oxygen atoms in total. The zero-order chi connectivity index (χ0) is 15.4. The highest BCUT2D eigenvalue weighted by atomic mass is 16.5. The summed E-state index contributed by atoms with van der Waals surface area (Å²) in [4.78, 5) is 11.0. The fraction of sp³-hybridized carbons (Fsp3) is 0.833. The van der Waals surface area contributed by atoms with Gasteiger partial charge in [0.2, 0.25) is 0 Å². The number of fused-ring (bicyclic) bond motifs is 2. The first-order valence-corrected chi connectivity index (χ1v) is 8.82.